The van der Waals surface area contributed by atoms with Crippen molar-refractivity contribution in [3.63, 3.8) is 0 Å². The van der Waals surface area contributed by atoms with E-state index in [2.05, 4.69) is 0 Å². The summed E-state index contributed by atoms with van der Waals surface area (Å²) in [6.45, 7) is 3.58. The topological polar surface area (TPSA) is 44.5 Å². The normalized spacial score (nSPS) is 12.5. The zero-order valence-electron chi connectivity index (χ0n) is 9.79. The van der Waals surface area contributed by atoms with E-state index in [9.17, 15) is 0 Å². The molecule has 0 saturated carbocycles. The fraction of sp³-hybridized carbons (Fsp3) is 0.500. The number of halogens is 2. The first-order chi connectivity index (χ1) is 8.19. The summed E-state index contributed by atoms with van der Waals surface area (Å²) in [6.07, 6.45) is 0.755. The Labute approximate surface area is 112 Å². The second-order valence-electron chi connectivity index (χ2n) is 3.50. The average Bonchev–Trinajstić information content (AvgIpc) is 2.33. The van der Waals surface area contributed by atoms with E-state index in [1.54, 1.807) is 18.2 Å². The molecule has 0 aliphatic carbocycles. The third-order valence-corrected chi connectivity index (χ3v) is 3.08. The molecule has 5 heteroatoms. The van der Waals surface area contributed by atoms with E-state index >= 15 is 0 Å². The van der Waals surface area contributed by atoms with Crippen LogP contribution in [0.4, 0.5) is 0 Å². The van der Waals surface area contributed by atoms with Crippen LogP contribution in [0.5, 0.6) is 5.75 Å². The first-order valence-electron chi connectivity index (χ1n) is 5.57. The number of benzene rings is 1. The van der Waals surface area contributed by atoms with Crippen molar-refractivity contribution < 1.29 is 9.47 Å². The summed E-state index contributed by atoms with van der Waals surface area (Å²) < 4.78 is 11.0. The molecule has 0 aliphatic heterocycles. The molecule has 1 aromatic carbocycles. The van der Waals surface area contributed by atoms with Crippen LogP contribution < -0.4 is 10.5 Å². The van der Waals surface area contributed by atoms with Crippen LogP contribution in [0.15, 0.2) is 18.2 Å². The van der Waals surface area contributed by atoms with Gasteiger partial charge in [-0.3, -0.25) is 0 Å². The molecule has 0 aromatic heterocycles. The molecular weight excluding hydrogens is 261 g/mol. The SMILES string of the molecule is CCOC(CN)CCOc1cccc(Cl)c1Cl. The average molecular weight is 278 g/mol. The van der Waals surface area contributed by atoms with Gasteiger partial charge in [0.1, 0.15) is 10.8 Å². The molecule has 0 radical (unpaired) electrons. The van der Waals surface area contributed by atoms with E-state index in [-0.39, 0.29) is 6.10 Å². The lowest BCUT2D eigenvalue weighted by atomic mass is 10.2. The Kier molecular flexibility index (Phi) is 6.66. The third kappa shape index (κ3) is 4.72. The highest BCUT2D eigenvalue weighted by Crippen LogP contribution is 2.31. The van der Waals surface area contributed by atoms with Crippen molar-refractivity contribution in [3.8, 4) is 5.75 Å². The molecule has 0 heterocycles. The Morgan fingerprint density at radius 3 is 2.76 bits per heavy atom. The predicted molar refractivity (Wildman–Crippen MR) is 71.0 cm³/mol. The fourth-order valence-electron chi connectivity index (χ4n) is 1.40. The van der Waals surface area contributed by atoms with Gasteiger partial charge >= 0.3 is 0 Å². The molecule has 3 nitrogen and oxygen atoms in total. The van der Waals surface area contributed by atoms with Crippen molar-refractivity contribution in [3.05, 3.63) is 28.2 Å². The van der Waals surface area contributed by atoms with Crippen molar-refractivity contribution in [2.75, 3.05) is 19.8 Å². The molecule has 17 heavy (non-hydrogen) atoms. The maximum absolute atomic E-state index is 5.99. The van der Waals surface area contributed by atoms with E-state index in [1.165, 1.54) is 0 Å². The third-order valence-electron chi connectivity index (χ3n) is 2.28. The van der Waals surface area contributed by atoms with Gasteiger partial charge in [0.2, 0.25) is 0 Å². The lowest BCUT2D eigenvalue weighted by molar-refractivity contribution is 0.0527. The standard InChI is InChI=1S/C12H17Cl2NO2/c1-2-16-9(8-15)6-7-17-11-5-3-4-10(13)12(11)14/h3-5,9H,2,6-8,15H2,1H3. The molecule has 1 rings (SSSR count). The highest BCUT2D eigenvalue weighted by atomic mass is 35.5. The Hall–Kier alpha value is -0.480. The largest absolute Gasteiger partial charge is 0.492 e. The van der Waals surface area contributed by atoms with Crippen molar-refractivity contribution in [1.29, 1.82) is 0 Å². The smallest absolute Gasteiger partial charge is 0.139 e. The van der Waals surface area contributed by atoms with E-state index in [0.717, 1.165) is 6.42 Å². The number of ether oxygens (including phenoxy) is 2. The Balaban J connectivity index is 2.42. The predicted octanol–water partition coefficient (Wildman–Crippen LogP) is 3.13. The minimum absolute atomic E-state index is 0.0259. The number of rotatable bonds is 7. The summed E-state index contributed by atoms with van der Waals surface area (Å²) in [7, 11) is 0. The van der Waals surface area contributed by atoms with Gasteiger partial charge in [0.15, 0.2) is 0 Å². The van der Waals surface area contributed by atoms with E-state index in [4.69, 9.17) is 38.4 Å². The minimum atomic E-state index is 0.0259. The van der Waals surface area contributed by atoms with Crippen LogP contribution in [0, 0.1) is 0 Å². The van der Waals surface area contributed by atoms with Gasteiger partial charge in [0, 0.05) is 19.6 Å². The molecule has 1 unspecified atom stereocenters. The molecule has 0 fully saturated rings. The molecule has 2 N–H and O–H groups in total. The van der Waals surface area contributed by atoms with Gasteiger partial charge < -0.3 is 15.2 Å². The highest BCUT2D eigenvalue weighted by molar-refractivity contribution is 6.42. The van der Waals surface area contributed by atoms with Gasteiger partial charge in [-0.2, -0.15) is 0 Å². The molecule has 96 valence electrons. The molecule has 0 aliphatic rings. The zero-order chi connectivity index (χ0) is 12.7. The summed E-state index contributed by atoms with van der Waals surface area (Å²) in [5, 5.41) is 0.930. The molecular formula is C12H17Cl2NO2. The van der Waals surface area contributed by atoms with Crippen LogP contribution in [0.3, 0.4) is 0 Å². The van der Waals surface area contributed by atoms with Crippen molar-refractivity contribution >= 4 is 23.2 Å². The van der Waals surface area contributed by atoms with E-state index < -0.39 is 0 Å². The van der Waals surface area contributed by atoms with Gasteiger partial charge in [0.25, 0.3) is 0 Å². The quantitative estimate of drug-likeness (QED) is 0.833. The monoisotopic (exact) mass is 277 g/mol. The van der Waals surface area contributed by atoms with Gasteiger partial charge in [-0.25, -0.2) is 0 Å². The van der Waals surface area contributed by atoms with Crippen molar-refractivity contribution in [2.24, 2.45) is 5.73 Å². The number of hydrogen-bond donors (Lipinski definition) is 1. The Morgan fingerprint density at radius 2 is 2.12 bits per heavy atom. The van der Waals surface area contributed by atoms with Crippen LogP contribution in [0.2, 0.25) is 10.0 Å². The lowest BCUT2D eigenvalue weighted by Crippen LogP contribution is -2.25. The summed E-state index contributed by atoms with van der Waals surface area (Å²) in [6, 6.07) is 5.30. The van der Waals surface area contributed by atoms with E-state index in [0.29, 0.717) is 35.6 Å². The first-order valence-corrected chi connectivity index (χ1v) is 6.33. The molecule has 0 spiro atoms. The molecule has 0 saturated heterocycles. The highest BCUT2D eigenvalue weighted by Gasteiger charge is 2.08. The number of hydrogen-bond acceptors (Lipinski definition) is 3. The fourth-order valence-corrected chi connectivity index (χ4v) is 1.75. The van der Waals surface area contributed by atoms with Crippen LogP contribution in [0.1, 0.15) is 13.3 Å². The summed E-state index contributed by atoms with van der Waals surface area (Å²) in [5.41, 5.74) is 5.56. The van der Waals surface area contributed by atoms with E-state index in [1.807, 2.05) is 6.92 Å². The number of nitrogens with two attached hydrogens (primary N) is 1. The van der Waals surface area contributed by atoms with Crippen molar-refractivity contribution in [2.45, 2.75) is 19.4 Å². The van der Waals surface area contributed by atoms with Crippen LogP contribution in [0.25, 0.3) is 0 Å². The van der Waals surface area contributed by atoms with Gasteiger partial charge in [0.05, 0.1) is 17.7 Å². The zero-order valence-corrected chi connectivity index (χ0v) is 11.3. The summed E-state index contributed by atoms with van der Waals surface area (Å²) >= 11 is 11.9. The van der Waals surface area contributed by atoms with Crippen LogP contribution >= 0.6 is 23.2 Å². The molecule has 0 bridgehead atoms. The van der Waals surface area contributed by atoms with Crippen LogP contribution in [-0.4, -0.2) is 25.9 Å². The minimum Gasteiger partial charge on any atom is -0.492 e. The van der Waals surface area contributed by atoms with Gasteiger partial charge in [-0.1, -0.05) is 29.3 Å². The van der Waals surface area contributed by atoms with Gasteiger partial charge in [-0.05, 0) is 19.1 Å². The summed E-state index contributed by atoms with van der Waals surface area (Å²) in [5.74, 6) is 0.589. The maximum Gasteiger partial charge on any atom is 0.139 e. The molecule has 1 atom stereocenters. The molecule has 1 aromatic rings. The second kappa shape index (κ2) is 7.77. The van der Waals surface area contributed by atoms with Crippen LogP contribution in [-0.2, 0) is 4.74 Å². The Morgan fingerprint density at radius 1 is 1.35 bits per heavy atom. The maximum atomic E-state index is 5.99. The van der Waals surface area contributed by atoms with Gasteiger partial charge in [-0.15, -0.1) is 0 Å². The molecule has 0 amide bonds. The Bertz CT molecular complexity index is 347. The lowest BCUT2D eigenvalue weighted by Gasteiger charge is -2.15. The second-order valence-corrected chi connectivity index (χ2v) is 4.29. The van der Waals surface area contributed by atoms with Crippen molar-refractivity contribution in [1.82, 2.24) is 0 Å². The first kappa shape index (κ1) is 14.6. The summed E-state index contributed by atoms with van der Waals surface area (Å²) in [4.78, 5) is 0.